The van der Waals surface area contributed by atoms with E-state index in [0.29, 0.717) is 5.75 Å². The zero-order valence-electron chi connectivity index (χ0n) is 15.2. The van der Waals surface area contributed by atoms with E-state index in [1.807, 2.05) is 97.1 Å². The fourth-order valence-corrected chi connectivity index (χ4v) is 3.62. The molecule has 144 valence electrons. The van der Waals surface area contributed by atoms with E-state index in [-0.39, 0.29) is 0 Å². The first-order valence-electron chi connectivity index (χ1n) is 8.90. The lowest BCUT2D eigenvalue weighted by Gasteiger charge is -2.11. The van der Waals surface area contributed by atoms with Gasteiger partial charge in [-0.3, -0.25) is 0 Å². The molecule has 0 radical (unpaired) electrons. The summed E-state index contributed by atoms with van der Waals surface area (Å²) >= 11 is 4.52. The first-order valence-corrected chi connectivity index (χ1v) is 11.1. The Morgan fingerprint density at radius 1 is 0.414 bits per heavy atom. The van der Waals surface area contributed by atoms with Gasteiger partial charge in [0, 0.05) is 6.07 Å². The molecule has 4 aromatic carbocycles. The van der Waals surface area contributed by atoms with Gasteiger partial charge in [-0.1, -0.05) is 30.3 Å². The van der Waals surface area contributed by atoms with Crippen molar-refractivity contribution in [2.75, 3.05) is 0 Å². The number of rotatable bonds is 6. The van der Waals surface area contributed by atoms with Gasteiger partial charge in [-0.25, -0.2) is 0 Å². The quantitative estimate of drug-likeness (QED) is 0.207. The highest BCUT2D eigenvalue weighted by molar-refractivity contribution is 14.1. The summed E-state index contributed by atoms with van der Waals surface area (Å²) < 4.78 is 20.0. The molecule has 0 aliphatic heterocycles. The number of halogens is 2. The Kier molecular flexibility index (Phi) is 6.56. The minimum absolute atomic E-state index is 0.708. The van der Waals surface area contributed by atoms with Gasteiger partial charge >= 0.3 is 0 Å². The third kappa shape index (κ3) is 5.42. The van der Waals surface area contributed by atoms with Crippen LogP contribution < -0.4 is 14.2 Å². The van der Waals surface area contributed by atoms with Gasteiger partial charge < -0.3 is 14.2 Å². The van der Waals surface area contributed by atoms with Gasteiger partial charge in [-0.2, -0.15) is 0 Å². The van der Waals surface area contributed by atoms with Gasteiger partial charge in [0.1, 0.15) is 34.5 Å². The fourth-order valence-electron chi connectivity index (χ4n) is 2.62. The van der Waals surface area contributed by atoms with Crippen LogP contribution in [0.1, 0.15) is 0 Å². The van der Waals surface area contributed by atoms with E-state index in [2.05, 4.69) is 45.2 Å². The molecule has 0 N–H and O–H groups in total. The van der Waals surface area contributed by atoms with Crippen molar-refractivity contribution in [3.8, 4) is 34.5 Å². The highest BCUT2D eigenvalue weighted by atomic mass is 127. The molecule has 4 rings (SSSR count). The maximum atomic E-state index is 5.98. The van der Waals surface area contributed by atoms with Crippen LogP contribution in [0.2, 0.25) is 0 Å². The van der Waals surface area contributed by atoms with Crippen molar-refractivity contribution in [2.45, 2.75) is 0 Å². The van der Waals surface area contributed by atoms with E-state index in [1.165, 1.54) is 0 Å². The third-order valence-electron chi connectivity index (χ3n) is 3.99. The maximum absolute atomic E-state index is 5.98. The number of para-hydroxylation sites is 2. The van der Waals surface area contributed by atoms with Crippen LogP contribution in [0.5, 0.6) is 34.5 Å². The largest absolute Gasteiger partial charge is 0.457 e. The number of ether oxygens (including phenoxy) is 3. The molecule has 3 nitrogen and oxygen atoms in total. The number of benzene rings is 4. The predicted molar refractivity (Wildman–Crippen MR) is 131 cm³/mol. The topological polar surface area (TPSA) is 27.7 Å². The van der Waals surface area contributed by atoms with Crippen molar-refractivity contribution in [2.24, 2.45) is 0 Å². The molecule has 0 bridgehead atoms. The molecule has 0 spiro atoms. The zero-order valence-corrected chi connectivity index (χ0v) is 19.5. The molecule has 0 aliphatic rings. The molecule has 0 heterocycles. The fraction of sp³-hybridized carbons (Fsp3) is 0. The van der Waals surface area contributed by atoms with Gasteiger partial charge in [0.25, 0.3) is 0 Å². The summed E-state index contributed by atoms with van der Waals surface area (Å²) in [6.45, 7) is 0. The van der Waals surface area contributed by atoms with Crippen molar-refractivity contribution in [3.63, 3.8) is 0 Å². The minimum atomic E-state index is 0.708. The predicted octanol–water partition coefficient (Wildman–Crippen LogP) is 8.27. The molecular formula is C24H16I2O3. The first-order chi connectivity index (χ1) is 14.2. The van der Waals surface area contributed by atoms with Crippen LogP contribution in [0.15, 0.2) is 97.1 Å². The van der Waals surface area contributed by atoms with E-state index in [4.69, 9.17) is 14.2 Å². The van der Waals surface area contributed by atoms with E-state index < -0.39 is 0 Å². The van der Waals surface area contributed by atoms with Crippen LogP contribution in [0.25, 0.3) is 0 Å². The van der Waals surface area contributed by atoms with Gasteiger partial charge in [-0.05, 0) is 106 Å². The minimum Gasteiger partial charge on any atom is -0.457 e. The third-order valence-corrected chi connectivity index (χ3v) is 5.78. The van der Waals surface area contributed by atoms with Crippen LogP contribution in [0, 0.1) is 7.14 Å². The molecule has 0 amide bonds. The molecule has 0 unspecified atom stereocenters. The molecule has 0 saturated carbocycles. The molecule has 5 heteroatoms. The summed E-state index contributed by atoms with van der Waals surface area (Å²) in [6, 6.07) is 31.0. The van der Waals surface area contributed by atoms with Gasteiger partial charge in [0.15, 0.2) is 0 Å². The Morgan fingerprint density at radius 2 is 0.862 bits per heavy atom. The summed E-state index contributed by atoms with van der Waals surface area (Å²) in [5.74, 6) is 4.58. The monoisotopic (exact) mass is 606 g/mol. The summed E-state index contributed by atoms with van der Waals surface area (Å²) in [6.07, 6.45) is 0. The average Bonchev–Trinajstić information content (AvgIpc) is 2.73. The van der Waals surface area contributed by atoms with E-state index >= 15 is 0 Å². The van der Waals surface area contributed by atoms with E-state index in [0.717, 1.165) is 35.9 Å². The lowest BCUT2D eigenvalue weighted by atomic mass is 10.3. The second-order valence-electron chi connectivity index (χ2n) is 6.11. The molecule has 0 aliphatic carbocycles. The van der Waals surface area contributed by atoms with Crippen molar-refractivity contribution in [3.05, 3.63) is 104 Å². The van der Waals surface area contributed by atoms with Crippen LogP contribution in [-0.2, 0) is 0 Å². The Morgan fingerprint density at radius 3 is 1.41 bits per heavy atom. The normalized spacial score (nSPS) is 10.4. The van der Waals surface area contributed by atoms with Crippen LogP contribution in [0.4, 0.5) is 0 Å². The second-order valence-corrected chi connectivity index (χ2v) is 8.44. The molecule has 29 heavy (non-hydrogen) atoms. The van der Waals surface area contributed by atoms with Crippen LogP contribution in [-0.4, -0.2) is 0 Å². The van der Waals surface area contributed by atoms with E-state index in [1.54, 1.807) is 0 Å². The smallest absolute Gasteiger partial charge is 0.140 e. The maximum Gasteiger partial charge on any atom is 0.140 e. The second kappa shape index (κ2) is 9.49. The Bertz CT molecular complexity index is 1110. The summed E-state index contributed by atoms with van der Waals surface area (Å²) in [5.41, 5.74) is 0. The summed E-state index contributed by atoms with van der Waals surface area (Å²) in [7, 11) is 0. The highest BCUT2D eigenvalue weighted by Crippen LogP contribution is 2.32. The molecule has 0 saturated heterocycles. The molecule has 0 atom stereocenters. The zero-order chi connectivity index (χ0) is 20.1. The molecular weight excluding hydrogens is 590 g/mol. The van der Waals surface area contributed by atoms with Crippen molar-refractivity contribution >= 4 is 45.2 Å². The summed E-state index contributed by atoms with van der Waals surface area (Å²) in [4.78, 5) is 0. The van der Waals surface area contributed by atoms with Crippen molar-refractivity contribution in [1.29, 1.82) is 0 Å². The SMILES string of the molecule is Ic1ccccc1Oc1ccc(Oc2cccc(Oc3ccccc3I)c2)cc1. The Balaban J connectivity index is 1.44. The van der Waals surface area contributed by atoms with Crippen LogP contribution in [0.3, 0.4) is 0 Å². The van der Waals surface area contributed by atoms with Crippen molar-refractivity contribution in [1.82, 2.24) is 0 Å². The standard InChI is InChI=1S/C24H16I2O3/c25-21-8-1-3-10-23(21)28-18-14-12-17(13-15-18)27-19-6-5-7-20(16-19)29-24-11-4-2-9-22(24)26/h1-16H. The Labute approximate surface area is 196 Å². The number of hydrogen-bond donors (Lipinski definition) is 0. The number of hydrogen-bond acceptors (Lipinski definition) is 3. The van der Waals surface area contributed by atoms with Gasteiger partial charge in [0.2, 0.25) is 0 Å². The first kappa shape index (κ1) is 20.0. The van der Waals surface area contributed by atoms with Gasteiger partial charge in [-0.15, -0.1) is 0 Å². The molecule has 0 aromatic heterocycles. The van der Waals surface area contributed by atoms with Gasteiger partial charge in [0.05, 0.1) is 7.14 Å². The molecule has 0 fully saturated rings. The molecule has 4 aromatic rings. The Hall–Kier alpha value is -2.26. The summed E-state index contributed by atoms with van der Waals surface area (Å²) in [5, 5.41) is 0. The van der Waals surface area contributed by atoms with Crippen LogP contribution >= 0.6 is 45.2 Å². The lowest BCUT2D eigenvalue weighted by molar-refractivity contribution is 0.455. The van der Waals surface area contributed by atoms with E-state index in [9.17, 15) is 0 Å². The van der Waals surface area contributed by atoms with Crippen molar-refractivity contribution < 1.29 is 14.2 Å². The highest BCUT2D eigenvalue weighted by Gasteiger charge is 2.05. The lowest BCUT2D eigenvalue weighted by Crippen LogP contribution is -1.89. The average molecular weight is 606 g/mol.